The zero-order valence-electron chi connectivity index (χ0n) is 16.2. The van der Waals surface area contributed by atoms with Gasteiger partial charge in [0.1, 0.15) is 5.82 Å². The van der Waals surface area contributed by atoms with Crippen LogP contribution in [0.1, 0.15) is 43.0 Å². The zero-order valence-corrected chi connectivity index (χ0v) is 16.2. The topological polar surface area (TPSA) is 70.4 Å². The van der Waals surface area contributed by atoms with Gasteiger partial charge in [0.05, 0.1) is 12.6 Å². The minimum absolute atomic E-state index is 0.157. The van der Waals surface area contributed by atoms with Crippen LogP contribution < -0.4 is 15.5 Å². The van der Waals surface area contributed by atoms with Gasteiger partial charge in [-0.3, -0.25) is 4.99 Å². The van der Waals surface area contributed by atoms with E-state index >= 15 is 0 Å². The van der Waals surface area contributed by atoms with Crippen molar-refractivity contribution >= 4 is 11.6 Å². The van der Waals surface area contributed by atoms with Gasteiger partial charge in [-0.1, -0.05) is 12.1 Å². The zero-order chi connectivity index (χ0) is 18.5. The Kier molecular flexibility index (Phi) is 5.75. The number of benzene rings is 1. The van der Waals surface area contributed by atoms with Crippen LogP contribution >= 0.6 is 0 Å². The molecule has 2 heterocycles. The van der Waals surface area contributed by atoms with Crippen molar-refractivity contribution in [2.75, 3.05) is 25.0 Å². The van der Waals surface area contributed by atoms with Crippen molar-refractivity contribution in [2.45, 2.75) is 39.3 Å². The summed E-state index contributed by atoms with van der Waals surface area (Å²) in [6, 6.07) is 8.94. The maximum absolute atomic E-state index is 4.33. The molecule has 2 aromatic rings. The lowest BCUT2D eigenvalue weighted by Crippen LogP contribution is -2.38. The first kappa shape index (κ1) is 18.2. The van der Waals surface area contributed by atoms with Crippen molar-refractivity contribution in [1.82, 2.24) is 25.4 Å². The van der Waals surface area contributed by atoms with Crippen molar-refractivity contribution in [3.05, 3.63) is 41.5 Å². The summed E-state index contributed by atoms with van der Waals surface area (Å²) in [6.07, 6.45) is 2.58. The molecule has 1 aromatic carbocycles. The van der Waals surface area contributed by atoms with Gasteiger partial charge in [-0.15, -0.1) is 10.2 Å². The maximum atomic E-state index is 4.33. The predicted octanol–water partition coefficient (Wildman–Crippen LogP) is 2.15. The lowest BCUT2D eigenvalue weighted by atomic mass is 10.1. The summed E-state index contributed by atoms with van der Waals surface area (Å²) in [7, 11) is 3.75. The van der Waals surface area contributed by atoms with E-state index in [2.05, 4.69) is 61.9 Å². The Morgan fingerprint density at radius 2 is 2.04 bits per heavy atom. The molecule has 0 spiro atoms. The third-order valence-corrected chi connectivity index (χ3v) is 5.01. The Bertz CT molecular complexity index is 759. The van der Waals surface area contributed by atoms with E-state index in [4.69, 9.17) is 0 Å². The summed E-state index contributed by atoms with van der Waals surface area (Å²) in [6.45, 7) is 7.00. The SMILES string of the molecule is CN=C(NCc1nnc(C)n1C)NC(C)c1cccc(N2CCCC2)c1. The molecule has 7 nitrogen and oxygen atoms in total. The van der Waals surface area contributed by atoms with Crippen LogP contribution in [0.15, 0.2) is 29.3 Å². The molecule has 26 heavy (non-hydrogen) atoms. The summed E-state index contributed by atoms with van der Waals surface area (Å²) in [4.78, 5) is 6.79. The summed E-state index contributed by atoms with van der Waals surface area (Å²) >= 11 is 0. The quantitative estimate of drug-likeness (QED) is 0.635. The molecule has 1 aliphatic heterocycles. The molecule has 0 amide bonds. The Labute approximate surface area is 155 Å². The minimum Gasteiger partial charge on any atom is -0.372 e. The Hall–Kier alpha value is -2.57. The van der Waals surface area contributed by atoms with Crippen LogP contribution in [0, 0.1) is 6.92 Å². The maximum Gasteiger partial charge on any atom is 0.191 e. The second kappa shape index (κ2) is 8.21. The molecule has 1 fully saturated rings. The molecule has 140 valence electrons. The van der Waals surface area contributed by atoms with E-state index in [1.165, 1.54) is 24.1 Å². The third-order valence-electron chi connectivity index (χ3n) is 5.01. The van der Waals surface area contributed by atoms with E-state index in [0.717, 1.165) is 30.7 Å². The van der Waals surface area contributed by atoms with Crippen LogP contribution in [0.25, 0.3) is 0 Å². The molecule has 1 aromatic heterocycles. The van der Waals surface area contributed by atoms with Crippen LogP contribution in [0.3, 0.4) is 0 Å². The van der Waals surface area contributed by atoms with Gasteiger partial charge in [-0.2, -0.15) is 0 Å². The smallest absolute Gasteiger partial charge is 0.191 e. The van der Waals surface area contributed by atoms with Gasteiger partial charge in [0.25, 0.3) is 0 Å². The van der Waals surface area contributed by atoms with Crippen LogP contribution in [-0.4, -0.2) is 40.9 Å². The van der Waals surface area contributed by atoms with Gasteiger partial charge < -0.3 is 20.1 Å². The normalized spacial score (nSPS) is 16.0. The third kappa shape index (κ3) is 4.15. The molecule has 1 atom stereocenters. The second-order valence-corrected chi connectivity index (χ2v) is 6.80. The molecule has 1 unspecified atom stereocenters. The van der Waals surface area contributed by atoms with Gasteiger partial charge in [0.15, 0.2) is 11.8 Å². The average molecular weight is 355 g/mol. The highest BCUT2D eigenvalue weighted by atomic mass is 15.3. The second-order valence-electron chi connectivity index (χ2n) is 6.80. The molecule has 0 radical (unpaired) electrons. The number of nitrogens with zero attached hydrogens (tertiary/aromatic N) is 5. The van der Waals surface area contributed by atoms with Crippen LogP contribution in [0.5, 0.6) is 0 Å². The Balaban J connectivity index is 1.61. The molecule has 1 aliphatic rings. The van der Waals surface area contributed by atoms with Crippen molar-refractivity contribution in [3.63, 3.8) is 0 Å². The molecule has 2 N–H and O–H groups in total. The largest absolute Gasteiger partial charge is 0.372 e. The van der Waals surface area contributed by atoms with Crippen molar-refractivity contribution in [3.8, 4) is 0 Å². The Morgan fingerprint density at radius 1 is 1.27 bits per heavy atom. The van der Waals surface area contributed by atoms with Gasteiger partial charge in [0, 0.05) is 32.9 Å². The van der Waals surface area contributed by atoms with E-state index in [1.54, 1.807) is 7.05 Å². The fraction of sp³-hybridized carbons (Fsp3) is 0.526. The minimum atomic E-state index is 0.157. The van der Waals surface area contributed by atoms with Gasteiger partial charge in [-0.05, 0) is 44.4 Å². The number of nitrogens with one attached hydrogen (secondary N) is 2. The van der Waals surface area contributed by atoms with Crippen molar-refractivity contribution in [2.24, 2.45) is 12.0 Å². The standard InChI is InChI=1S/C19H29N7/c1-14(16-8-7-9-17(12-16)26-10-5-6-11-26)22-19(20-3)21-13-18-24-23-15(2)25(18)4/h7-9,12,14H,5-6,10-11,13H2,1-4H3,(H2,20,21,22). The highest BCUT2D eigenvalue weighted by Crippen LogP contribution is 2.23. The Morgan fingerprint density at radius 3 is 2.69 bits per heavy atom. The highest BCUT2D eigenvalue weighted by molar-refractivity contribution is 5.80. The summed E-state index contributed by atoms with van der Waals surface area (Å²) in [5, 5.41) is 15.0. The number of aryl methyl sites for hydroxylation is 1. The molecule has 3 rings (SSSR count). The van der Waals surface area contributed by atoms with E-state index in [-0.39, 0.29) is 6.04 Å². The van der Waals surface area contributed by atoms with E-state index in [9.17, 15) is 0 Å². The molecule has 0 bridgehead atoms. The van der Waals surface area contributed by atoms with Crippen LogP contribution in [0.4, 0.5) is 5.69 Å². The molecular weight excluding hydrogens is 326 g/mol. The van der Waals surface area contributed by atoms with Gasteiger partial charge in [-0.25, -0.2) is 0 Å². The number of hydrogen-bond acceptors (Lipinski definition) is 4. The summed E-state index contributed by atoms with van der Waals surface area (Å²) < 4.78 is 1.98. The number of anilines is 1. The fourth-order valence-corrected chi connectivity index (χ4v) is 3.22. The first-order valence-electron chi connectivity index (χ1n) is 9.25. The first-order chi connectivity index (χ1) is 12.6. The molecular formula is C19H29N7. The van der Waals surface area contributed by atoms with E-state index in [1.807, 2.05) is 18.5 Å². The number of rotatable bonds is 5. The molecule has 1 saturated heterocycles. The van der Waals surface area contributed by atoms with E-state index in [0.29, 0.717) is 6.54 Å². The van der Waals surface area contributed by atoms with Crippen LogP contribution in [-0.2, 0) is 13.6 Å². The molecule has 0 saturated carbocycles. The van der Waals surface area contributed by atoms with Crippen molar-refractivity contribution < 1.29 is 0 Å². The molecule has 0 aliphatic carbocycles. The summed E-state index contributed by atoms with van der Waals surface area (Å²) in [5.74, 6) is 2.54. The van der Waals surface area contributed by atoms with Gasteiger partial charge >= 0.3 is 0 Å². The summed E-state index contributed by atoms with van der Waals surface area (Å²) in [5.41, 5.74) is 2.57. The number of aromatic nitrogens is 3. The lowest BCUT2D eigenvalue weighted by molar-refractivity contribution is 0.667. The van der Waals surface area contributed by atoms with E-state index < -0.39 is 0 Å². The predicted molar refractivity (Wildman–Crippen MR) is 105 cm³/mol. The average Bonchev–Trinajstić information content (AvgIpc) is 3.30. The number of hydrogen-bond donors (Lipinski definition) is 2. The highest BCUT2D eigenvalue weighted by Gasteiger charge is 2.15. The van der Waals surface area contributed by atoms with Crippen LogP contribution in [0.2, 0.25) is 0 Å². The van der Waals surface area contributed by atoms with Gasteiger partial charge in [0.2, 0.25) is 0 Å². The number of aliphatic imine (C=N–C) groups is 1. The fourth-order valence-electron chi connectivity index (χ4n) is 3.22. The molecule has 7 heteroatoms. The monoisotopic (exact) mass is 355 g/mol. The lowest BCUT2D eigenvalue weighted by Gasteiger charge is -2.22. The van der Waals surface area contributed by atoms with Crippen molar-refractivity contribution in [1.29, 1.82) is 0 Å². The first-order valence-corrected chi connectivity index (χ1v) is 9.25. The number of guanidine groups is 1.